The van der Waals surface area contributed by atoms with E-state index >= 15 is 0 Å². The molecule has 0 bridgehead atoms. The number of carbonyl (C=O) groups excluding carboxylic acids is 1. The second kappa shape index (κ2) is 7.40. The standard InChI is InChI=1S/C16H26N4O3/c1-22-10-2-7-20-12-16(4-3-15(20)21)5-8-19(9-6-16)11-14-17-13-23-18-14/h13H,2-12H2,1H3. The topological polar surface area (TPSA) is 71.7 Å². The molecular formula is C16H26N4O3. The first-order chi connectivity index (χ1) is 11.2. The van der Waals surface area contributed by atoms with Gasteiger partial charge in [0.05, 0.1) is 6.54 Å². The van der Waals surface area contributed by atoms with Gasteiger partial charge >= 0.3 is 0 Å². The van der Waals surface area contributed by atoms with Crippen LogP contribution in [0.1, 0.15) is 37.9 Å². The van der Waals surface area contributed by atoms with Crippen molar-refractivity contribution >= 4 is 5.91 Å². The second-order valence-corrected chi connectivity index (χ2v) is 6.79. The van der Waals surface area contributed by atoms with Gasteiger partial charge in [0.1, 0.15) is 0 Å². The monoisotopic (exact) mass is 322 g/mol. The molecule has 0 unspecified atom stereocenters. The van der Waals surface area contributed by atoms with Crippen molar-refractivity contribution in [3.8, 4) is 0 Å². The second-order valence-electron chi connectivity index (χ2n) is 6.79. The summed E-state index contributed by atoms with van der Waals surface area (Å²) in [5.41, 5.74) is 0.300. The van der Waals surface area contributed by atoms with Gasteiger partial charge in [0.15, 0.2) is 5.82 Å². The number of carbonyl (C=O) groups is 1. The molecule has 1 aromatic heterocycles. The van der Waals surface area contributed by atoms with Gasteiger partial charge in [-0.15, -0.1) is 0 Å². The molecule has 23 heavy (non-hydrogen) atoms. The minimum atomic E-state index is 0.300. The highest BCUT2D eigenvalue weighted by atomic mass is 16.5. The van der Waals surface area contributed by atoms with Gasteiger partial charge in [0.25, 0.3) is 0 Å². The molecule has 0 aliphatic carbocycles. The maximum absolute atomic E-state index is 12.1. The molecule has 0 atom stereocenters. The molecule has 0 saturated carbocycles. The van der Waals surface area contributed by atoms with Crippen LogP contribution in [0.5, 0.6) is 0 Å². The summed E-state index contributed by atoms with van der Waals surface area (Å²) in [5.74, 6) is 1.06. The number of amides is 1. The summed E-state index contributed by atoms with van der Waals surface area (Å²) in [6.45, 7) is 5.27. The molecule has 0 radical (unpaired) electrons. The Bertz CT molecular complexity index is 497. The summed E-state index contributed by atoms with van der Waals surface area (Å²) in [5, 5.41) is 3.89. The molecule has 1 spiro atoms. The molecule has 2 aliphatic heterocycles. The Morgan fingerprint density at radius 2 is 2.17 bits per heavy atom. The first-order valence-electron chi connectivity index (χ1n) is 8.45. The minimum absolute atomic E-state index is 0.300. The molecule has 1 amide bonds. The third-order valence-electron chi connectivity index (χ3n) is 5.21. The van der Waals surface area contributed by atoms with Crippen molar-refractivity contribution < 1.29 is 14.1 Å². The van der Waals surface area contributed by atoms with Gasteiger partial charge in [-0.05, 0) is 44.2 Å². The smallest absolute Gasteiger partial charge is 0.222 e. The largest absolute Gasteiger partial charge is 0.385 e. The Balaban J connectivity index is 1.51. The number of ether oxygens (including phenoxy) is 1. The van der Waals surface area contributed by atoms with E-state index in [1.165, 1.54) is 6.39 Å². The number of likely N-dealkylation sites (tertiary alicyclic amines) is 2. The molecular weight excluding hydrogens is 296 g/mol. The van der Waals surface area contributed by atoms with Gasteiger partial charge in [-0.25, -0.2) is 0 Å². The van der Waals surface area contributed by atoms with Gasteiger partial charge in [-0.3, -0.25) is 9.69 Å². The minimum Gasteiger partial charge on any atom is -0.385 e. The van der Waals surface area contributed by atoms with Crippen LogP contribution in [0.15, 0.2) is 10.9 Å². The number of nitrogens with zero attached hydrogens (tertiary/aromatic N) is 4. The van der Waals surface area contributed by atoms with Crippen molar-refractivity contribution in [2.24, 2.45) is 5.41 Å². The number of hydrogen-bond donors (Lipinski definition) is 0. The van der Waals surface area contributed by atoms with E-state index in [-0.39, 0.29) is 0 Å². The Morgan fingerprint density at radius 1 is 1.35 bits per heavy atom. The van der Waals surface area contributed by atoms with Crippen molar-refractivity contribution in [1.29, 1.82) is 0 Å². The predicted molar refractivity (Wildman–Crippen MR) is 83.5 cm³/mol. The third-order valence-corrected chi connectivity index (χ3v) is 5.21. The fourth-order valence-electron chi connectivity index (χ4n) is 3.76. The molecule has 7 heteroatoms. The van der Waals surface area contributed by atoms with Crippen LogP contribution in [0.2, 0.25) is 0 Å². The summed E-state index contributed by atoms with van der Waals surface area (Å²) in [7, 11) is 1.71. The fourth-order valence-corrected chi connectivity index (χ4v) is 3.76. The van der Waals surface area contributed by atoms with Gasteiger partial charge < -0.3 is 14.2 Å². The first kappa shape index (κ1) is 16.4. The van der Waals surface area contributed by atoms with Crippen LogP contribution in [0.25, 0.3) is 0 Å². The lowest BCUT2D eigenvalue weighted by Gasteiger charge is -2.47. The third kappa shape index (κ3) is 4.09. The molecule has 3 rings (SSSR count). The van der Waals surface area contributed by atoms with Crippen LogP contribution >= 0.6 is 0 Å². The van der Waals surface area contributed by atoms with E-state index in [0.29, 0.717) is 17.7 Å². The number of hydrogen-bond acceptors (Lipinski definition) is 6. The van der Waals surface area contributed by atoms with Crippen LogP contribution < -0.4 is 0 Å². The van der Waals surface area contributed by atoms with E-state index in [4.69, 9.17) is 9.26 Å². The fraction of sp³-hybridized carbons (Fsp3) is 0.812. The van der Waals surface area contributed by atoms with E-state index in [1.807, 2.05) is 0 Å². The Morgan fingerprint density at radius 3 is 2.87 bits per heavy atom. The maximum atomic E-state index is 12.1. The van der Waals surface area contributed by atoms with Crippen molar-refractivity contribution in [3.05, 3.63) is 12.2 Å². The predicted octanol–water partition coefficient (Wildman–Crippen LogP) is 1.31. The van der Waals surface area contributed by atoms with Crippen molar-refractivity contribution in [3.63, 3.8) is 0 Å². The summed E-state index contributed by atoms with van der Waals surface area (Å²) < 4.78 is 9.90. The zero-order valence-corrected chi connectivity index (χ0v) is 13.9. The molecule has 7 nitrogen and oxygen atoms in total. The summed E-state index contributed by atoms with van der Waals surface area (Å²) in [4.78, 5) is 20.7. The zero-order chi connectivity index (χ0) is 16.1. The summed E-state index contributed by atoms with van der Waals surface area (Å²) in [6.07, 6.45) is 6.30. The van der Waals surface area contributed by atoms with E-state index in [9.17, 15) is 4.79 Å². The number of piperidine rings is 2. The maximum Gasteiger partial charge on any atom is 0.222 e. The normalized spacial score (nSPS) is 22.0. The van der Waals surface area contributed by atoms with Gasteiger partial charge in [0.2, 0.25) is 12.3 Å². The van der Waals surface area contributed by atoms with Gasteiger partial charge in [-0.2, -0.15) is 4.98 Å². The van der Waals surface area contributed by atoms with Crippen molar-refractivity contribution in [1.82, 2.24) is 19.9 Å². The highest BCUT2D eigenvalue weighted by molar-refractivity contribution is 5.77. The van der Waals surface area contributed by atoms with Gasteiger partial charge in [-0.1, -0.05) is 5.16 Å². The molecule has 3 heterocycles. The SMILES string of the molecule is COCCCN1CC2(CCC1=O)CCN(Cc1ncon1)CC2. The lowest BCUT2D eigenvalue weighted by atomic mass is 9.72. The Hall–Kier alpha value is -1.47. The Kier molecular flexibility index (Phi) is 5.27. The number of rotatable bonds is 6. The number of aromatic nitrogens is 2. The average Bonchev–Trinajstić information content (AvgIpc) is 3.07. The lowest BCUT2D eigenvalue weighted by Crippen LogP contribution is -2.51. The highest BCUT2D eigenvalue weighted by Crippen LogP contribution is 2.40. The molecule has 2 aliphatic rings. The van der Waals surface area contributed by atoms with Gasteiger partial charge in [0, 0.05) is 33.2 Å². The molecule has 0 aromatic carbocycles. The van der Waals surface area contributed by atoms with E-state index in [0.717, 1.165) is 70.8 Å². The molecule has 2 saturated heterocycles. The van der Waals surface area contributed by atoms with Crippen LogP contribution in [0, 0.1) is 5.41 Å². The van der Waals surface area contributed by atoms with Crippen molar-refractivity contribution in [2.75, 3.05) is 39.9 Å². The van der Waals surface area contributed by atoms with E-state index < -0.39 is 0 Å². The summed E-state index contributed by atoms with van der Waals surface area (Å²) in [6, 6.07) is 0. The van der Waals surface area contributed by atoms with Crippen LogP contribution in [0.3, 0.4) is 0 Å². The quantitative estimate of drug-likeness (QED) is 0.735. The zero-order valence-electron chi connectivity index (χ0n) is 13.9. The summed E-state index contributed by atoms with van der Waals surface area (Å²) >= 11 is 0. The van der Waals surface area contributed by atoms with E-state index in [2.05, 4.69) is 19.9 Å². The average molecular weight is 322 g/mol. The van der Waals surface area contributed by atoms with Crippen LogP contribution in [0.4, 0.5) is 0 Å². The molecule has 128 valence electrons. The molecule has 0 N–H and O–H groups in total. The van der Waals surface area contributed by atoms with Crippen LogP contribution in [-0.2, 0) is 16.1 Å². The Labute approximate surface area is 137 Å². The number of methoxy groups -OCH3 is 1. The first-order valence-corrected chi connectivity index (χ1v) is 8.45. The molecule has 2 fully saturated rings. The molecule has 1 aromatic rings. The van der Waals surface area contributed by atoms with E-state index in [1.54, 1.807) is 7.11 Å². The lowest BCUT2D eigenvalue weighted by molar-refractivity contribution is -0.139. The highest BCUT2D eigenvalue weighted by Gasteiger charge is 2.40. The van der Waals surface area contributed by atoms with Crippen molar-refractivity contribution in [2.45, 2.75) is 38.6 Å². The van der Waals surface area contributed by atoms with Crippen LogP contribution in [-0.4, -0.2) is 65.7 Å².